The molecule has 1 aliphatic carbocycles. The highest BCUT2D eigenvalue weighted by Gasteiger charge is 2.43. The Kier molecular flexibility index (Phi) is 7.66. The first-order valence-electron chi connectivity index (χ1n) is 11.3. The smallest absolute Gasteiger partial charge is 0.207 e. The first-order chi connectivity index (χ1) is 18.6. The lowest BCUT2D eigenvalue weighted by molar-refractivity contribution is -0.143. The Morgan fingerprint density at radius 3 is 1.88 bits per heavy atom. The first-order valence-corrected chi connectivity index (χ1v) is 11.3. The van der Waals surface area contributed by atoms with Gasteiger partial charge in [-0.2, -0.15) is 13.2 Å². The van der Waals surface area contributed by atoms with Gasteiger partial charge in [0.25, 0.3) is 0 Å². The molecule has 0 heterocycles. The lowest BCUT2D eigenvalue weighted by atomic mass is 9.81. The largest absolute Gasteiger partial charge is 0.422 e. The summed E-state index contributed by atoms with van der Waals surface area (Å²) in [5.41, 5.74) is -8.02. The fourth-order valence-electron chi connectivity index (χ4n) is 4.57. The molecule has 0 N–H and O–H groups in total. The van der Waals surface area contributed by atoms with Crippen molar-refractivity contribution in [3.63, 3.8) is 0 Å². The number of alkyl halides is 3. The lowest BCUT2D eigenvalue weighted by Gasteiger charge is -2.24. The normalized spacial score (nSPS) is 15.8. The van der Waals surface area contributed by atoms with E-state index in [0.717, 1.165) is 31.2 Å². The molecule has 0 radical (unpaired) electrons. The van der Waals surface area contributed by atoms with Gasteiger partial charge in [-0.05, 0) is 54.0 Å². The predicted molar refractivity (Wildman–Crippen MR) is 120 cm³/mol. The Balaban J connectivity index is 2.10. The van der Waals surface area contributed by atoms with Crippen LogP contribution in [0.3, 0.4) is 0 Å². The molecule has 0 aromatic heterocycles. The molecule has 4 rings (SSSR count). The number of halogens is 12. The van der Waals surface area contributed by atoms with E-state index < -0.39 is 97.8 Å². The number of hydrogen-bond acceptors (Lipinski definition) is 0. The van der Waals surface area contributed by atoms with Gasteiger partial charge >= 0.3 is 6.18 Å². The Morgan fingerprint density at radius 2 is 1.32 bits per heavy atom. The standard InChI is InChI=1S/C28H14F12/c1-11(20-24(34)26(36)23(28(38,39)40)27(37)25(20)35)19-16(31)7-8-17(32)22(19)21(12-3-2-4-13(29)9-12)15-6-5-14(30)10-18(15)33/h2,4-11H,3H2,1H3/b21-12+. The molecule has 1 unspecified atom stereocenters. The fourth-order valence-corrected chi connectivity index (χ4v) is 4.57. The summed E-state index contributed by atoms with van der Waals surface area (Å²) in [6.45, 7) is 0.718. The van der Waals surface area contributed by atoms with E-state index in [4.69, 9.17) is 0 Å². The minimum absolute atomic E-state index is 0.214. The van der Waals surface area contributed by atoms with E-state index in [0.29, 0.717) is 18.2 Å². The first kappa shape index (κ1) is 29.0. The quantitative estimate of drug-likeness (QED) is 0.214. The van der Waals surface area contributed by atoms with Gasteiger partial charge in [0.2, 0.25) is 0 Å². The fraction of sp³-hybridized carbons (Fsp3) is 0.143. The van der Waals surface area contributed by atoms with Gasteiger partial charge in [0, 0.05) is 34.2 Å². The summed E-state index contributed by atoms with van der Waals surface area (Å²) >= 11 is 0. The highest BCUT2D eigenvalue weighted by atomic mass is 19.4. The molecular weight excluding hydrogens is 564 g/mol. The second-order valence-corrected chi connectivity index (χ2v) is 8.74. The lowest BCUT2D eigenvalue weighted by Crippen LogP contribution is -2.19. The van der Waals surface area contributed by atoms with Crippen LogP contribution in [-0.4, -0.2) is 0 Å². The highest BCUT2D eigenvalue weighted by Crippen LogP contribution is 2.44. The molecule has 0 spiro atoms. The van der Waals surface area contributed by atoms with Crippen LogP contribution in [0.4, 0.5) is 52.7 Å². The zero-order chi connectivity index (χ0) is 29.7. The van der Waals surface area contributed by atoms with E-state index in [1.165, 1.54) is 6.08 Å². The number of hydrogen-bond donors (Lipinski definition) is 0. The van der Waals surface area contributed by atoms with Crippen LogP contribution in [0.15, 0.2) is 60.0 Å². The Bertz CT molecular complexity index is 1580. The summed E-state index contributed by atoms with van der Waals surface area (Å²) in [4.78, 5) is 0. The number of allylic oxidation sites excluding steroid dienone is 5. The summed E-state index contributed by atoms with van der Waals surface area (Å²) in [7, 11) is 0. The summed E-state index contributed by atoms with van der Waals surface area (Å²) in [6.07, 6.45) is -3.07. The van der Waals surface area contributed by atoms with E-state index >= 15 is 8.78 Å². The molecular formula is C28H14F12. The number of benzene rings is 3. The Labute approximate surface area is 218 Å². The predicted octanol–water partition coefficient (Wildman–Crippen LogP) is 9.59. The van der Waals surface area contributed by atoms with Crippen LogP contribution >= 0.6 is 0 Å². The van der Waals surface area contributed by atoms with Gasteiger partial charge in [-0.25, -0.2) is 39.5 Å². The van der Waals surface area contributed by atoms with E-state index in [1.54, 1.807) is 0 Å². The maximum atomic E-state index is 15.5. The average molecular weight is 578 g/mol. The Hall–Kier alpha value is -3.96. The summed E-state index contributed by atoms with van der Waals surface area (Å²) < 4.78 is 171. The van der Waals surface area contributed by atoms with Crippen molar-refractivity contribution in [2.24, 2.45) is 0 Å². The average Bonchev–Trinajstić information content (AvgIpc) is 2.85. The molecule has 12 heteroatoms. The summed E-state index contributed by atoms with van der Waals surface area (Å²) in [6, 6.07) is 2.88. The molecule has 0 saturated heterocycles. The van der Waals surface area contributed by atoms with Crippen LogP contribution in [0, 0.1) is 46.5 Å². The van der Waals surface area contributed by atoms with E-state index in [2.05, 4.69) is 0 Å². The zero-order valence-corrected chi connectivity index (χ0v) is 19.9. The molecule has 3 aromatic carbocycles. The molecule has 0 fully saturated rings. The zero-order valence-electron chi connectivity index (χ0n) is 19.9. The van der Waals surface area contributed by atoms with E-state index in [9.17, 15) is 43.9 Å². The van der Waals surface area contributed by atoms with Crippen LogP contribution < -0.4 is 0 Å². The molecule has 1 atom stereocenters. The highest BCUT2D eigenvalue weighted by molar-refractivity contribution is 5.86. The van der Waals surface area contributed by atoms with Crippen LogP contribution in [0.25, 0.3) is 5.57 Å². The maximum Gasteiger partial charge on any atom is 0.422 e. The summed E-state index contributed by atoms with van der Waals surface area (Å²) in [5.74, 6) is -19.1. The van der Waals surface area contributed by atoms with Crippen LogP contribution in [0.2, 0.25) is 0 Å². The minimum atomic E-state index is -5.85. The van der Waals surface area contributed by atoms with Crippen molar-refractivity contribution in [2.75, 3.05) is 0 Å². The van der Waals surface area contributed by atoms with Crippen LogP contribution in [0.1, 0.15) is 47.1 Å². The molecule has 0 nitrogen and oxygen atoms in total. The molecule has 0 bridgehead atoms. The van der Waals surface area contributed by atoms with Crippen molar-refractivity contribution in [1.29, 1.82) is 0 Å². The van der Waals surface area contributed by atoms with Crippen molar-refractivity contribution in [2.45, 2.75) is 25.4 Å². The Morgan fingerprint density at radius 1 is 0.725 bits per heavy atom. The van der Waals surface area contributed by atoms with Crippen molar-refractivity contribution < 1.29 is 52.7 Å². The monoisotopic (exact) mass is 578 g/mol. The van der Waals surface area contributed by atoms with Gasteiger partial charge in [0.15, 0.2) is 23.3 Å². The van der Waals surface area contributed by atoms with Gasteiger partial charge in [-0.1, -0.05) is 13.0 Å². The van der Waals surface area contributed by atoms with Crippen LogP contribution in [0.5, 0.6) is 0 Å². The second kappa shape index (κ2) is 10.5. The van der Waals surface area contributed by atoms with Gasteiger partial charge in [0.05, 0.1) is 0 Å². The van der Waals surface area contributed by atoms with Crippen molar-refractivity contribution in [3.8, 4) is 0 Å². The van der Waals surface area contributed by atoms with Gasteiger partial charge in [0.1, 0.15) is 34.7 Å². The third-order valence-corrected chi connectivity index (χ3v) is 6.29. The molecule has 1 aliphatic rings. The third-order valence-electron chi connectivity index (χ3n) is 6.29. The maximum absolute atomic E-state index is 15.5. The SMILES string of the molecule is CC(c1c(F)c(F)c(C(F)(F)F)c(F)c1F)c1c(F)ccc(F)c1/C(=C1/C=C(F)C=CC1)c1ccc(F)cc1F. The third kappa shape index (κ3) is 5.02. The van der Waals surface area contributed by atoms with E-state index in [1.807, 2.05) is 0 Å². The topological polar surface area (TPSA) is 0 Å². The summed E-state index contributed by atoms with van der Waals surface area (Å²) in [5, 5.41) is 0. The van der Waals surface area contributed by atoms with Gasteiger partial charge < -0.3 is 0 Å². The van der Waals surface area contributed by atoms with Crippen molar-refractivity contribution >= 4 is 5.57 Å². The molecule has 210 valence electrons. The molecule has 3 aromatic rings. The number of rotatable bonds is 4. The van der Waals surface area contributed by atoms with E-state index in [-0.39, 0.29) is 12.0 Å². The molecule has 0 aliphatic heterocycles. The molecule has 0 amide bonds. The van der Waals surface area contributed by atoms with Crippen LogP contribution in [-0.2, 0) is 6.18 Å². The van der Waals surface area contributed by atoms with Gasteiger partial charge in [-0.15, -0.1) is 0 Å². The second-order valence-electron chi connectivity index (χ2n) is 8.74. The van der Waals surface area contributed by atoms with Crippen molar-refractivity contribution in [1.82, 2.24) is 0 Å². The molecule has 40 heavy (non-hydrogen) atoms. The molecule has 0 saturated carbocycles. The minimum Gasteiger partial charge on any atom is -0.207 e. The van der Waals surface area contributed by atoms with Gasteiger partial charge in [-0.3, -0.25) is 0 Å². The van der Waals surface area contributed by atoms with Crippen molar-refractivity contribution in [3.05, 3.63) is 134 Å².